The molecular weight excluding hydrogens is 310 g/mol. The second-order valence-corrected chi connectivity index (χ2v) is 5.72. The van der Waals surface area contributed by atoms with Crippen LogP contribution in [0.15, 0.2) is 36.4 Å². The number of rotatable bonds is 4. The smallest absolute Gasteiger partial charge is 0.394 e. The summed E-state index contributed by atoms with van der Waals surface area (Å²) in [5.74, 6) is -1.08. The van der Waals surface area contributed by atoms with Crippen molar-refractivity contribution in [2.45, 2.75) is 26.7 Å². The lowest BCUT2D eigenvalue weighted by atomic mass is 10.0. The summed E-state index contributed by atoms with van der Waals surface area (Å²) in [6.45, 7) is 5.79. The number of ether oxygens (including phenoxy) is 1. The highest BCUT2D eigenvalue weighted by molar-refractivity contribution is 6.36. The average molecular weight is 329 g/mol. The Balaban J connectivity index is 2.25. The van der Waals surface area contributed by atoms with Gasteiger partial charge in [0.05, 0.1) is 0 Å². The number of aromatic hydroxyl groups is 1. The summed E-state index contributed by atoms with van der Waals surface area (Å²) in [4.78, 5) is 21.8. The highest BCUT2D eigenvalue weighted by Crippen LogP contribution is 2.34. The summed E-state index contributed by atoms with van der Waals surface area (Å²) in [6, 6.07) is 9.77. The van der Waals surface area contributed by atoms with Crippen LogP contribution in [0, 0.1) is 6.92 Å². The number of aryl methyl sites for hydroxylation is 1. The molecule has 0 unspecified atom stereocenters. The largest absolute Gasteiger partial charge is 0.508 e. The second-order valence-electron chi connectivity index (χ2n) is 5.72. The third kappa shape index (κ3) is 4.04. The lowest BCUT2D eigenvalue weighted by Crippen LogP contribution is -2.21. The van der Waals surface area contributed by atoms with Crippen molar-refractivity contribution < 1.29 is 24.5 Å². The van der Waals surface area contributed by atoms with Gasteiger partial charge >= 0.3 is 11.9 Å². The Labute approximate surface area is 139 Å². The van der Waals surface area contributed by atoms with Gasteiger partial charge in [-0.2, -0.15) is 0 Å². The molecule has 0 aromatic heterocycles. The first-order chi connectivity index (χ1) is 11.3. The molecule has 0 atom stereocenters. The number of benzene rings is 2. The molecule has 6 heteroatoms. The van der Waals surface area contributed by atoms with E-state index in [-0.39, 0.29) is 11.7 Å². The Morgan fingerprint density at radius 1 is 1.08 bits per heavy atom. The van der Waals surface area contributed by atoms with Gasteiger partial charge in [0.15, 0.2) is 0 Å². The van der Waals surface area contributed by atoms with Crippen molar-refractivity contribution in [1.29, 1.82) is 0 Å². The maximum atomic E-state index is 11.2. The van der Waals surface area contributed by atoms with Crippen molar-refractivity contribution in [3.05, 3.63) is 47.5 Å². The van der Waals surface area contributed by atoms with Gasteiger partial charge in [0.1, 0.15) is 17.2 Å². The van der Waals surface area contributed by atoms with E-state index in [0.29, 0.717) is 17.2 Å². The first-order valence-electron chi connectivity index (χ1n) is 7.43. The van der Waals surface area contributed by atoms with Crippen LogP contribution in [0.3, 0.4) is 0 Å². The number of carboxylic acid groups (broad SMARTS) is 1. The molecule has 6 nitrogen and oxygen atoms in total. The number of hydrogen-bond donors (Lipinski definition) is 3. The Morgan fingerprint density at radius 3 is 2.33 bits per heavy atom. The van der Waals surface area contributed by atoms with E-state index < -0.39 is 11.9 Å². The van der Waals surface area contributed by atoms with Crippen LogP contribution in [0.4, 0.5) is 5.69 Å². The molecule has 0 aliphatic carbocycles. The maximum absolute atomic E-state index is 11.2. The maximum Gasteiger partial charge on any atom is 0.394 e. The van der Waals surface area contributed by atoms with Crippen molar-refractivity contribution in [2.75, 3.05) is 5.32 Å². The van der Waals surface area contributed by atoms with Crippen LogP contribution in [0.25, 0.3) is 0 Å². The Bertz CT molecular complexity index is 783. The third-order valence-electron chi connectivity index (χ3n) is 3.46. The minimum Gasteiger partial charge on any atom is -0.508 e. The number of carbonyl (C=O) groups excluding carboxylic acids is 1. The molecular formula is C18H19NO5. The molecule has 2 aromatic rings. The number of nitrogens with one attached hydrogen (secondary N) is 1. The topological polar surface area (TPSA) is 95.9 Å². The highest BCUT2D eigenvalue weighted by Gasteiger charge is 2.14. The number of anilines is 1. The van der Waals surface area contributed by atoms with Crippen LogP contribution in [0.1, 0.15) is 30.9 Å². The number of hydrogen-bond acceptors (Lipinski definition) is 4. The number of carboxylic acids is 1. The molecule has 0 saturated carbocycles. The highest BCUT2D eigenvalue weighted by atomic mass is 16.5. The average Bonchev–Trinajstić information content (AvgIpc) is 2.51. The standard InChI is InChI=1S/C18H19NO5/c1-10(2)14-9-13(20)5-7-16(14)24-15-6-4-12(8-11(15)3)19-17(21)18(22)23/h4-10,20H,1-3H3,(H,19,21)(H,22,23). The quantitative estimate of drug-likeness (QED) is 0.744. The molecule has 0 bridgehead atoms. The molecule has 2 rings (SSSR count). The van der Waals surface area contributed by atoms with Gasteiger partial charge in [0.25, 0.3) is 0 Å². The van der Waals surface area contributed by atoms with E-state index in [1.807, 2.05) is 13.8 Å². The fraction of sp³-hybridized carbons (Fsp3) is 0.222. The van der Waals surface area contributed by atoms with Crippen LogP contribution in [-0.4, -0.2) is 22.1 Å². The molecule has 126 valence electrons. The SMILES string of the molecule is Cc1cc(NC(=O)C(=O)O)ccc1Oc1ccc(O)cc1C(C)C. The van der Waals surface area contributed by atoms with Crippen molar-refractivity contribution in [3.8, 4) is 17.2 Å². The van der Waals surface area contributed by atoms with E-state index in [1.54, 1.807) is 43.3 Å². The summed E-state index contributed by atoms with van der Waals surface area (Å²) in [7, 11) is 0. The molecule has 0 saturated heterocycles. The normalized spacial score (nSPS) is 10.5. The fourth-order valence-corrected chi connectivity index (χ4v) is 2.22. The van der Waals surface area contributed by atoms with E-state index >= 15 is 0 Å². The Kier molecular flexibility index (Phi) is 5.08. The van der Waals surface area contributed by atoms with E-state index in [1.165, 1.54) is 0 Å². The van der Waals surface area contributed by atoms with Gasteiger partial charge in [-0.3, -0.25) is 4.79 Å². The molecule has 0 aliphatic rings. The van der Waals surface area contributed by atoms with Crippen LogP contribution in [0.2, 0.25) is 0 Å². The van der Waals surface area contributed by atoms with Crippen molar-refractivity contribution in [1.82, 2.24) is 0 Å². The van der Waals surface area contributed by atoms with Crippen LogP contribution in [-0.2, 0) is 9.59 Å². The molecule has 2 aromatic carbocycles. The number of aliphatic carboxylic acids is 1. The van der Waals surface area contributed by atoms with E-state index in [2.05, 4.69) is 5.32 Å². The predicted octanol–water partition coefficient (Wildman–Crippen LogP) is 3.64. The van der Waals surface area contributed by atoms with Gasteiger partial charge in [-0.15, -0.1) is 0 Å². The van der Waals surface area contributed by atoms with E-state index in [9.17, 15) is 14.7 Å². The zero-order chi connectivity index (χ0) is 17.9. The van der Waals surface area contributed by atoms with Gasteiger partial charge < -0.3 is 20.3 Å². The summed E-state index contributed by atoms with van der Waals surface area (Å²) < 4.78 is 5.92. The lowest BCUT2D eigenvalue weighted by molar-refractivity contribution is -0.147. The first kappa shape index (κ1) is 17.3. The van der Waals surface area contributed by atoms with Gasteiger partial charge in [-0.1, -0.05) is 13.8 Å². The summed E-state index contributed by atoms with van der Waals surface area (Å²) in [6.07, 6.45) is 0. The monoisotopic (exact) mass is 329 g/mol. The zero-order valence-corrected chi connectivity index (χ0v) is 13.7. The number of amides is 1. The second kappa shape index (κ2) is 7.04. The van der Waals surface area contributed by atoms with Crippen molar-refractivity contribution in [2.24, 2.45) is 0 Å². The molecule has 1 amide bonds. The first-order valence-corrected chi connectivity index (χ1v) is 7.43. The molecule has 0 heterocycles. The number of carbonyl (C=O) groups is 2. The van der Waals surface area contributed by atoms with Crippen molar-refractivity contribution in [3.63, 3.8) is 0 Å². The van der Waals surface area contributed by atoms with E-state index in [0.717, 1.165) is 11.1 Å². The van der Waals surface area contributed by atoms with Gasteiger partial charge in [0, 0.05) is 11.3 Å². The zero-order valence-electron chi connectivity index (χ0n) is 13.7. The fourth-order valence-electron chi connectivity index (χ4n) is 2.22. The predicted molar refractivity (Wildman–Crippen MR) is 89.7 cm³/mol. The van der Waals surface area contributed by atoms with Gasteiger partial charge in [-0.25, -0.2) is 4.79 Å². The summed E-state index contributed by atoms with van der Waals surface area (Å²) >= 11 is 0. The van der Waals surface area contributed by atoms with Crippen LogP contribution < -0.4 is 10.1 Å². The molecule has 0 radical (unpaired) electrons. The molecule has 0 aliphatic heterocycles. The van der Waals surface area contributed by atoms with Crippen LogP contribution >= 0.6 is 0 Å². The molecule has 24 heavy (non-hydrogen) atoms. The van der Waals surface area contributed by atoms with Gasteiger partial charge in [-0.05, 0) is 54.8 Å². The van der Waals surface area contributed by atoms with Crippen LogP contribution in [0.5, 0.6) is 17.2 Å². The van der Waals surface area contributed by atoms with E-state index in [4.69, 9.17) is 9.84 Å². The Morgan fingerprint density at radius 2 is 1.75 bits per heavy atom. The molecule has 0 spiro atoms. The summed E-state index contributed by atoms with van der Waals surface area (Å²) in [5, 5.41) is 20.5. The minimum atomic E-state index is -1.54. The number of phenols is 1. The van der Waals surface area contributed by atoms with Gasteiger partial charge in [0.2, 0.25) is 0 Å². The number of phenolic OH excluding ortho intramolecular Hbond substituents is 1. The van der Waals surface area contributed by atoms with Crippen molar-refractivity contribution >= 4 is 17.6 Å². The lowest BCUT2D eigenvalue weighted by Gasteiger charge is -2.16. The molecule has 0 fully saturated rings. The molecule has 3 N–H and O–H groups in total. The Hall–Kier alpha value is -3.02. The summed E-state index contributed by atoms with van der Waals surface area (Å²) in [5.41, 5.74) is 1.99. The third-order valence-corrected chi connectivity index (χ3v) is 3.46. The minimum absolute atomic E-state index is 0.168.